The van der Waals surface area contributed by atoms with Crippen LogP contribution in [0.5, 0.6) is 5.75 Å². The Bertz CT molecular complexity index is 549. The molecule has 108 valence electrons. The van der Waals surface area contributed by atoms with Crippen molar-refractivity contribution in [2.75, 3.05) is 7.11 Å². The van der Waals surface area contributed by atoms with E-state index in [2.05, 4.69) is 0 Å². The maximum Gasteiger partial charge on any atom is 0.403 e. The molecule has 2 atom stereocenters. The van der Waals surface area contributed by atoms with E-state index in [4.69, 9.17) is 16.2 Å². The molecule has 0 radical (unpaired) electrons. The van der Waals surface area contributed by atoms with Gasteiger partial charge in [-0.3, -0.25) is 0 Å². The minimum atomic E-state index is -4.56. The summed E-state index contributed by atoms with van der Waals surface area (Å²) in [4.78, 5) is 0. The van der Waals surface area contributed by atoms with Crippen LogP contribution in [0.3, 0.4) is 0 Å². The molecule has 6 heteroatoms. The first-order valence-electron chi connectivity index (χ1n) is 5.94. The van der Waals surface area contributed by atoms with Crippen molar-refractivity contribution >= 4 is 0 Å². The highest BCUT2D eigenvalue weighted by Gasteiger charge is 2.59. The number of ether oxygens (including phenoxy) is 1. The summed E-state index contributed by atoms with van der Waals surface area (Å²) < 4.78 is 45.9. The third-order valence-corrected chi connectivity index (χ3v) is 3.53. The molecule has 0 spiro atoms. The maximum atomic E-state index is 13.6. The number of benzene rings is 1. The van der Waals surface area contributed by atoms with E-state index in [-0.39, 0.29) is 11.3 Å². The van der Waals surface area contributed by atoms with Gasteiger partial charge in [0, 0.05) is 5.70 Å². The molecule has 4 N–H and O–H groups in total. The van der Waals surface area contributed by atoms with E-state index in [1.165, 1.54) is 43.5 Å². The van der Waals surface area contributed by atoms with Crippen LogP contribution in [0.15, 0.2) is 48.2 Å². The second-order valence-electron chi connectivity index (χ2n) is 4.60. The predicted octanol–water partition coefficient (Wildman–Crippen LogP) is 2.24. The molecule has 0 aromatic heterocycles. The molecule has 1 aromatic rings. The van der Waals surface area contributed by atoms with Gasteiger partial charge in [0.2, 0.25) is 0 Å². The lowest BCUT2D eigenvalue weighted by Crippen LogP contribution is -2.57. The van der Waals surface area contributed by atoms with Crippen molar-refractivity contribution in [3.05, 3.63) is 53.8 Å². The highest BCUT2D eigenvalue weighted by atomic mass is 19.4. The normalized spacial score (nSPS) is 26.2. The van der Waals surface area contributed by atoms with Gasteiger partial charge in [0.05, 0.1) is 13.2 Å². The zero-order chi connectivity index (χ0) is 15.0. The van der Waals surface area contributed by atoms with Gasteiger partial charge in [0.25, 0.3) is 0 Å². The second kappa shape index (κ2) is 4.86. The Hall–Kier alpha value is -1.95. The molecule has 2 unspecified atom stereocenters. The van der Waals surface area contributed by atoms with Gasteiger partial charge in [-0.2, -0.15) is 13.2 Å². The highest BCUT2D eigenvalue weighted by molar-refractivity contribution is 5.45. The molecule has 1 aromatic carbocycles. The smallest absolute Gasteiger partial charge is 0.403 e. The third kappa shape index (κ3) is 2.06. The highest BCUT2D eigenvalue weighted by Crippen LogP contribution is 2.47. The quantitative estimate of drug-likeness (QED) is 0.875. The summed E-state index contributed by atoms with van der Waals surface area (Å²) in [5.74, 6) is 0.475. The first-order valence-corrected chi connectivity index (χ1v) is 5.94. The van der Waals surface area contributed by atoms with E-state index in [1.54, 1.807) is 0 Å². The Kier molecular flexibility index (Phi) is 3.52. The molecule has 0 saturated heterocycles. The predicted molar refractivity (Wildman–Crippen MR) is 70.1 cm³/mol. The van der Waals surface area contributed by atoms with Gasteiger partial charge in [-0.05, 0) is 23.8 Å². The Morgan fingerprint density at radius 3 is 2.30 bits per heavy atom. The van der Waals surface area contributed by atoms with E-state index < -0.39 is 17.6 Å². The molecular formula is C14H15F3N2O. The average molecular weight is 284 g/mol. The summed E-state index contributed by atoms with van der Waals surface area (Å²) in [5.41, 5.74) is 9.07. The van der Waals surface area contributed by atoms with E-state index >= 15 is 0 Å². The largest absolute Gasteiger partial charge is 0.497 e. The van der Waals surface area contributed by atoms with Crippen LogP contribution < -0.4 is 16.2 Å². The summed E-state index contributed by atoms with van der Waals surface area (Å²) in [6.07, 6.45) is -0.833. The van der Waals surface area contributed by atoms with Crippen LogP contribution in [0.4, 0.5) is 13.2 Å². The van der Waals surface area contributed by atoms with Crippen LogP contribution in [-0.2, 0) is 5.41 Å². The van der Waals surface area contributed by atoms with E-state index in [0.29, 0.717) is 5.75 Å². The van der Waals surface area contributed by atoms with Crippen molar-refractivity contribution in [2.45, 2.75) is 17.6 Å². The molecule has 0 saturated carbocycles. The Morgan fingerprint density at radius 1 is 1.20 bits per heavy atom. The number of allylic oxidation sites excluding steroid dienone is 2. The molecule has 0 amide bonds. The first kappa shape index (κ1) is 14.5. The van der Waals surface area contributed by atoms with Gasteiger partial charge in [0.1, 0.15) is 11.2 Å². The van der Waals surface area contributed by atoms with Crippen molar-refractivity contribution in [2.24, 2.45) is 11.5 Å². The van der Waals surface area contributed by atoms with Crippen molar-refractivity contribution in [3.63, 3.8) is 0 Å². The molecular weight excluding hydrogens is 269 g/mol. The number of rotatable bonds is 2. The van der Waals surface area contributed by atoms with Crippen molar-refractivity contribution in [1.29, 1.82) is 0 Å². The SMILES string of the molecule is COc1ccc(C2(C(F)(F)F)C=CC=C(N)C2N)cc1. The number of halogens is 3. The molecule has 1 aliphatic carbocycles. The number of methoxy groups -OCH3 is 1. The molecule has 1 aliphatic rings. The first-order chi connectivity index (χ1) is 9.33. The Morgan fingerprint density at radius 2 is 1.80 bits per heavy atom. The second-order valence-corrected chi connectivity index (χ2v) is 4.60. The molecule has 2 rings (SSSR count). The zero-order valence-corrected chi connectivity index (χ0v) is 10.8. The van der Waals surface area contributed by atoms with Gasteiger partial charge < -0.3 is 16.2 Å². The van der Waals surface area contributed by atoms with E-state index in [1.807, 2.05) is 0 Å². The lowest BCUT2D eigenvalue weighted by molar-refractivity contribution is -0.179. The van der Waals surface area contributed by atoms with Crippen molar-refractivity contribution < 1.29 is 17.9 Å². The molecule has 0 aliphatic heterocycles. The lowest BCUT2D eigenvalue weighted by Gasteiger charge is -2.40. The summed E-state index contributed by atoms with van der Waals surface area (Å²) in [5, 5.41) is 0. The third-order valence-electron chi connectivity index (χ3n) is 3.53. The molecule has 20 heavy (non-hydrogen) atoms. The fourth-order valence-corrected chi connectivity index (χ4v) is 2.36. The molecule has 0 fully saturated rings. The molecule has 0 bridgehead atoms. The summed E-state index contributed by atoms with van der Waals surface area (Å²) in [6.45, 7) is 0. The Labute approximate surface area is 114 Å². The lowest BCUT2D eigenvalue weighted by atomic mass is 9.70. The van der Waals surface area contributed by atoms with Crippen LogP contribution in [-0.4, -0.2) is 19.3 Å². The fourth-order valence-electron chi connectivity index (χ4n) is 2.36. The topological polar surface area (TPSA) is 61.3 Å². The standard InChI is InChI=1S/C14H15F3N2O/c1-20-10-6-4-9(5-7-10)13(14(15,16)17)8-2-3-11(18)12(13)19/h2-8,12H,18-19H2,1H3. The maximum absolute atomic E-state index is 13.6. The fraction of sp³-hybridized carbons (Fsp3) is 0.286. The number of hydrogen-bond acceptors (Lipinski definition) is 3. The van der Waals surface area contributed by atoms with Gasteiger partial charge in [-0.1, -0.05) is 24.3 Å². The van der Waals surface area contributed by atoms with Crippen molar-refractivity contribution in [1.82, 2.24) is 0 Å². The summed E-state index contributed by atoms with van der Waals surface area (Å²) in [7, 11) is 1.45. The van der Waals surface area contributed by atoms with Crippen LogP contribution in [0.25, 0.3) is 0 Å². The van der Waals surface area contributed by atoms with Gasteiger partial charge in [-0.25, -0.2) is 0 Å². The van der Waals surface area contributed by atoms with Crippen LogP contribution >= 0.6 is 0 Å². The monoisotopic (exact) mass is 284 g/mol. The van der Waals surface area contributed by atoms with Crippen LogP contribution in [0.2, 0.25) is 0 Å². The molecule has 0 heterocycles. The number of alkyl halides is 3. The minimum Gasteiger partial charge on any atom is -0.497 e. The molecule has 3 nitrogen and oxygen atoms in total. The van der Waals surface area contributed by atoms with Gasteiger partial charge in [-0.15, -0.1) is 0 Å². The van der Waals surface area contributed by atoms with Crippen LogP contribution in [0, 0.1) is 0 Å². The van der Waals surface area contributed by atoms with Gasteiger partial charge in [0.15, 0.2) is 0 Å². The van der Waals surface area contributed by atoms with Gasteiger partial charge >= 0.3 is 6.18 Å². The number of nitrogens with two attached hydrogens (primary N) is 2. The summed E-state index contributed by atoms with van der Waals surface area (Å²) >= 11 is 0. The number of hydrogen-bond donors (Lipinski definition) is 2. The van der Waals surface area contributed by atoms with Crippen LogP contribution in [0.1, 0.15) is 5.56 Å². The van der Waals surface area contributed by atoms with Crippen molar-refractivity contribution in [3.8, 4) is 5.75 Å². The van der Waals surface area contributed by atoms with E-state index in [9.17, 15) is 13.2 Å². The minimum absolute atomic E-state index is 0.000595. The zero-order valence-electron chi connectivity index (χ0n) is 10.8. The summed E-state index contributed by atoms with van der Waals surface area (Å²) in [6, 6.07) is 4.29. The average Bonchev–Trinajstić information content (AvgIpc) is 2.41. The Balaban J connectivity index is 2.59. The van der Waals surface area contributed by atoms with E-state index in [0.717, 1.165) is 6.08 Å².